The number of fused-ring (bicyclic) bond motifs is 1. The monoisotopic (exact) mass is 549 g/mol. The third kappa shape index (κ3) is 4.87. The molecule has 3 heterocycles. The highest BCUT2D eigenvalue weighted by atomic mass is 35.5. The van der Waals surface area contributed by atoms with Gasteiger partial charge in [0, 0.05) is 7.05 Å². The maximum Gasteiger partial charge on any atom is 0.339 e. The Hall–Kier alpha value is -4.20. The summed E-state index contributed by atoms with van der Waals surface area (Å²) in [4.78, 5) is 31.0. The lowest BCUT2D eigenvalue weighted by Gasteiger charge is -2.38. The number of aromatic nitrogens is 2. The molecule has 1 fully saturated rings. The first-order valence-corrected chi connectivity index (χ1v) is 12.6. The van der Waals surface area contributed by atoms with Crippen molar-refractivity contribution in [2.45, 2.75) is 24.8 Å². The minimum Gasteiger partial charge on any atom is -0.304 e. The number of nitro groups is 1. The number of rotatable bonds is 5. The van der Waals surface area contributed by atoms with Gasteiger partial charge in [-0.1, -0.05) is 35.9 Å². The molecule has 0 radical (unpaired) electrons. The van der Waals surface area contributed by atoms with Gasteiger partial charge in [-0.05, 0) is 73.3 Å². The fourth-order valence-corrected chi connectivity index (χ4v) is 5.61. The molecule has 5 rings (SSSR count). The molecule has 0 atom stereocenters. The summed E-state index contributed by atoms with van der Waals surface area (Å²) in [5.41, 5.74) is 0.940. The molecule has 39 heavy (non-hydrogen) atoms. The van der Waals surface area contributed by atoms with Crippen LogP contribution in [0.2, 0.25) is 5.02 Å². The van der Waals surface area contributed by atoms with E-state index in [1.807, 2.05) is 6.07 Å². The zero-order valence-electron chi connectivity index (χ0n) is 20.8. The summed E-state index contributed by atoms with van der Waals surface area (Å²) in [6.07, 6.45) is 0.905. The Bertz CT molecular complexity index is 1630. The lowest BCUT2D eigenvalue weighted by molar-refractivity contribution is -0.387. The van der Waals surface area contributed by atoms with Crippen LogP contribution < -0.4 is 5.56 Å². The van der Waals surface area contributed by atoms with Crippen LogP contribution in [0.25, 0.3) is 11.0 Å². The maximum absolute atomic E-state index is 13.7. The first-order chi connectivity index (χ1) is 18.7. The van der Waals surface area contributed by atoms with E-state index in [0.29, 0.717) is 31.4 Å². The molecule has 4 aromatic rings. The second-order valence-corrected chi connectivity index (χ2v) is 9.90. The molecule has 0 spiro atoms. The summed E-state index contributed by atoms with van der Waals surface area (Å²) >= 11 is 6.17. The second kappa shape index (κ2) is 10.5. The molecule has 1 saturated heterocycles. The van der Waals surface area contributed by atoms with Crippen molar-refractivity contribution in [3.63, 3.8) is 0 Å². The number of pyridine rings is 2. The van der Waals surface area contributed by atoms with Gasteiger partial charge in [0.05, 0.1) is 32.6 Å². The van der Waals surface area contributed by atoms with Crippen LogP contribution in [-0.2, 0) is 7.05 Å². The third-order valence-electron chi connectivity index (χ3n) is 7.30. The number of nitrogens with zero attached hydrogens (tertiary/aromatic N) is 5. The summed E-state index contributed by atoms with van der Waals surface area (Å²) in [7, 11) is 1.41. The molecule has 8 nitrogen and oxygen atoms in total. The number of benzene rings is 2. The highest BCUT2D eigenvalue weighted by Gasteiger charge is 2.35. The van der Waals surface area contributed by atoms with Gasteiger partial charge in [-0.3, -0.25) is 19.8 Å². The second-order valence-electron chi connectivity index (χ2n) is 9.50. The van der Waals surface area contributed by atoms with Crippen LogP contribution in [0.15, 0.2) is 59.4 Å². The lowest BCUT2D eigenvalue weighted by Crippen LogP contribution is -2.37. The van der Waals surface area contributed by atoms with E-state index in [4.69, 9.17) is 11.6 Å². The SMILES string of the molecule is Cn1c(=O)c([N+](=O)[O-])c(C2CCN(C(c3ccc(F)cc3)c3ccc(F)cc3)CC2)c2nc(C#N)c(Cl)cc21. The molecule has 1 aliphatic rings. The van der Waals surface area contributed by atoms with E-state index in [2.05, 4.69) is 9.88 Å². The number of likely N-dealkylation sites (tertiary alicyclic amines) is 1. The van der Waals surface area contributed by atoms with Crippen LogP contribution in [0.3, 0.4) is 0 Å². The van der Waals surface area contributed by atoms with Crippen LogP contribution in [0.5, 0.6) is 0 Å². The van der Waals surface area contributed by atoms with Crippen molar-refractivity contribution in [2.75, 3.05) is 13.1 Å². The molecule has 2 aromatic carbocycles. The molecule has 0 N–H and O–H groups in total. The van der Waals surface area contributed by atoms with E-state index in [9.17, 15) is 29.0 Å². The number of aryl methyl sites for hydroxylation is 1. The smallest absolute Gasteiger partial charge is 0.304 e. The molecule has 2 aromatic heterocycles. The van der Waals surface area contributed by atoms with Crippen LogP contribution in [-0.4, -0.2) is 32.5 Å². The van der Waals surface area contributed by atoms with Crippen molar-refractivity contribution in [2.24, 2.45) is 7.05 Å². The quantitative estimate of drug-likeness (QED) is 0.236. The van der Waals surface area contributed by atoms with Gasteiger partial charge in [0.15, 0.2) is 5.69 Å². The minimum absolute atomic E-state index is 0.0519. The van der Waals surface area contributed by atoms with Crippen LogP contribution in [0.1, 0.15) is 47.2 Å². The van der Waals surface area contributed by atoms with Gasteiger partial charge in [-0.25, -0.2) is 13.8 Å². The van der Waals surface area contributed by atoms with Gasteiger partial charge in [0.1, 0.15) is 17.7 Å². The fourth-order valence-electron chi connectivity index (χ4n) is 5.42. The van der Waals surface area contributed by atoms with E-state index in [-0.39, 0.29) is 45.4 Å². The Morgan fingerprint density at radius 2 is 1.62 bits per heavy atom. The maximum atomic E-state index is 13.7. The first-order valence-electron chi connectivity index (χ1n) is 12.2. The van der Waals surface area contributed by atoms with E-state index < -0.39 is 16.2 Å². The van der Waals surface area contributed by atoms with Crippen LogP contribution in [0, 0.1) is 33.1 Å². The van der Waals surface area contributed by atoms with E-state index >= 15 is 0 Å². The van der Waals surface area contributed by atoms with Gasteiger partial charge in [-0.2, -0.15) is 5.26 Å². The van der Waals surface area contributed by atoms with Crippen molar-refractivity contribution in [3.05, 3.63) is 114 Å². The van der Waals surface area contributed by atoms with Crippen molar-refractivity contribution >= 4 is 28.3 Å². The molecule has 0 amide bonds. The summed E-state index contributed by atoms with van der Waals surface area (Å²) in [5, 5.41) is 21.6. The predicted octanol–water partition coefficient (Wildman–Crippen LogP) is 5.61. The van der Waals surface area contributed by atoms with E-state index in [0.717, 1.165) is 15.7 Å². The Morgan fingerprint density at radius 1 is 1.08 bits per heavy atom. The highest BCUT2D eigenvalue weighted by Crippen LogP contribution is 2.40. The normalized spacial score (nSPS) is 14.6. The average Bonchev–Trinajstić information content (AvgIpc) is 2.93. The molecule has 0 aliphatic carbocycles. The number of hydrogen-bond donors (Lipinski definition) is 0. The molecule has 0 unspecified atom stereocenters. The third-order valence-corrected chi connectivity index (χ3v) is 7.59. The molecule has 1 aliphatic heterocycles. The van der Waals surface area contributed by atoms with Gasteiger partial charge in [0.25, 0.3) is 0 Å². The highest BCUT2D eigenvalue weighted by molar-refractivity contribution is 6.32. The minimum atomic E-state index is -0.775. The van der Waals surface area contributed by atoms with Gasteiger partial charge in [-0.15, -0.1) is 0 Å². The van der Waals surface area contributed by atoms with Crippen molar-refractivity contribution in [3.8, 4) is 6.07 Å². The Morgan fingerprint density at radius 3 is 2.10 bits per heavy atom. The number of piperidine rings is 1. The largest absolute Gasteiger partial charge is 0.339 e. The van der Waals surface area contributed by atoms with Crippen molar-refractivity contribution in [1.82, 2.24) is 14.5 Å². The van der Waals surface area contributed by atoms with E-state index in [1.165, 1.54) is 37.4 Å². The number of nitriles is 1. The Labute approximate surface area is 226 Å². The molecular formula is C28H22ClF2N5O3. The average molecular weight is 550 g/mol. The summed E-state index contributed by atoms with van der Waals surface area (Å²) in [6, 6.07) is 15.3. The van der Waals surface area contributed by atoms with Crippen molar-refractivity contribution < 1.29 is 13.7 Å². The molecular weight excluding hydrogens is 528 g/mol. The Kier molecular flexibility index (Phi) is 7.12. The van der Waals surface area contributed by atoms with E-state index in [1.54, 1.807) is 24.3 Å². The topological polar surface area (TPSA) is 105 Å². The summed E-state index contributed by atoms with van der Waals surface area (Å²) < 4.78 is 28.5. The van der Waals surface area contributed by atoms with Crippen molar-refractivity contribution in [1.29, 1.82) is 5.26 Å². The van der Waals surface area contributed by atoms with Crippen LogP contribution >= 0.6 is 11.6 Å². The Balaban J connectivity index is 1.56. The van der Waals surface area contributed by atoms with Gasteiger partial charge < -0.3 is 4.57 Å². The first kappa shape index (κ1) is 26.4. The summed E-state index contributed by atoms with van der Waals surface area (Å²) in [5.74, 6) is -1.13. The fraction of sp³-hybridized carbons (Fsp3) is 0.250. The lowest BCUT2D eigenvalue weighted by atomic mass is 9.85. The number of halogens is 3. The van der Waals surface area contributed by atoms with Crippen LogP contribution in [0.4, 0.5) is 14.5 Å². The zero-order valence-corrected chi connectivity index (χ0v) is 21.5. The molecule has 198 valence electrons. The zero-order chi connectivity index (χ0) is 27.8. The van der Waals surface area contributed by atoms with Gasteiger partial charge >= 0.3 is 11.2 Å². The van der Waals surface area contributed by atoms with Gasteiger partial charge in [0.2, 0.25) is 0 Å². The molecule has 11 heteroatoms. The molecule has 0 saturated carbocycles. The summed E-state index contributed by atoms with van der Waals surface area (Å²) in [6.45, 7) is 0.966. The standard InChI is InChI=1S/C28H22ClF2N5O3/c1-34-23-14-21(29)22(15-32)33-25(23)24(27(28(34)37)36(38)39)16-10-12-35(13-11-16)26(17-2-6-19(30)7-3-17)18-4-8-20(31)9-5-18/h2-9,14,16,26H,10-13H2,1H3. The molecule has 0 bridgehead atoms. The number of hydrogen-bond acceptors (Lipinski definition) is 6. The predicted molar refractivity (Wildman–Crippen MR) is 142 cm³/mol.